The van der Waals surface area contributed by atoms with Crippen molar-refractivity contribution in [2.24, 2.45) is 0 Å². The van der Waals surface area contributed by atoms with E-state index in [0.717, 1.165) is 28.0 Å². The van der Waals surface area contributed by atoms with Crippen molar-refractivity contribution in [3.05, 3.63) is 35.6 Å². The number of benzene rings is 1. The number of anilines is 1. The first-order chi connectivity index (χ1) is 6.72. The Hall–Kier alpha value is -1.70. The average molecular weight is 187 g/mol. The quantitative estimate of drug-likeness (QED) is 0.695. The van der Waals surface area contributed by atoms with E-state index in [1.807, 2.05) is 44.2 Å². The van der Waals surface area contributed by atoms with E-state index in [-0.39, 0.29) is 0 Å². The van der Waals surface area contributed by atoms with Gasteiger partial charge in [-0.05, 0) is 32.0 Å². The number of rotatable bonds is 1. The fourth-order valence-corrected chi connectivity index (χ4v) is 1.63. The number of hydrogen-bond acceptors (Lipinski definition) is 2. The highest BCUT2D eigenvalue weighted by Gasteiger charge is 2.07. The van der Waals surface area contributed by atoms with E-state index in [9.17, 15) is 0 Å². The number of aryl methyl sites for hydroxylation is 1. The second-order valence-corrected chi connectivity index (χ2v) is 3.33. The number of nitrogen functional groups attached to an aromatic ring is 1. The molecule has 0 fully saturated rings. The third-order valence-corrected chi connectivity index (χ3v) is 2.27. The molecular weight excluding hydrogens is 174 g/mol. The molecule has 0 aliphatic rings. The average Bonchev–Trinajstić information content (AvgIpc) is 2.45. The van der Waals surface area contributed by atoms with Gasteiger partial charge in [0.1, 0.15) is 11.3 Å². The Morgan fingerprint density at radius 1 is 1.36 bits per heavy atom. The molecule has 72 valence electrons. The van der Waals surface area contributed by atoms with Crippen LogP contribution in [0.1, 0.15) is 18.2 Å². The smallest absolute Gasteiger partial charge is 0.135 e. The van der Waals surface area contributed by atoms with Gasteiger partial charge in [-0.25, -0.2) is 0 Å². The van der Waals surface area contributed by atoms with E-state index in [1.54, 1.807) is 0 Å². The van der Waals surface area contributed by atoms with Crippen molar-refractivity contribution in [3.63, 3.8) is 0 Å². The van der Waals surface area contributed by atoms with Crippen LogP contribution in [0.25, 0.3) is 17.0 Å². The summed E-state index contributed by atoms with van der Waals surface area (Å²) < 4.78 is 5.60. The minimum atomic E-state index is 0.768. The molecule has 0 unspecified atom stereocenters. The van der Waals surface area contributed by atoms with Gasteiger partial charge in [-0.15, -0.1) is 0 Å². The SMILES string of the molecule is C/C=C\c1c(C)oc2ccc(N)cc12. The predicted molar refractivity (Wildman–Crippen MR) is 60.1 cm³/mol. The number of hydrogen-bond donors (Lipinski definition) is 1. The lowest BCUT2D eigenvalue weighted by atomic mass is 10.1. The van der Waals surface area contributed by atoms with Crippen molar-refractivity contribution in [2.75, 3.05) is 5.73 Å². The molecule has 14 heavy (non-hydrogen) atoms. The molecule has 2 rings (SSSR count). The van der Waals surface area contributed by atoms with E-state index >= 15 is 0 Å². The zero-order valence-corrected chi connectivity index (χ0v) is 8.37. The Balaban J connectivity index is 2.79. The Kier molecular flexibility index (Phi) is 2.04. The van der Waals surface area contributed by atoms with Gasteiger partial charge < -0.3 is 10.2 Å². The van der Waals surface area contributed by atoms with Gasteiger partial charge in [-0.3, -0.25) is 0 Å². The lowest BCUT2D eigenvalue weighted by Gasteiger charge is -1.93. The van der Waals surface area contributed by atoms with Gasteiger partial charge >= 0.3 is 0 Å². The maximum Gasteiger partial charge on any atom is 0.135 e. The largest absolute Gasteiger partial charge is 0.461 e. The first-order valence-corrected chi connectivity index (χ1v) is 4.63. The molecule has 0 aliphatic heterocycles. The third kappa shape index (κ3) is 1.29. The summed E-state index contributed by atoms with van der Waals surface area (Å²) in [7, 11) is 0. The second kappa shape index (κ2) is 3.22. The van der Waals surface area contributed by atoms with E-state index in [0.29, 0.717) is 0 Å². The van der Waals surface area contributed by atoms with Crippen LogP contribution < -0.4 is 5.73 Å². The van der Waals surface area contributed by atoms with Crippen molar-refractivity contribution in [2.45, 2.75) is 13.8 Å². The Bertz CT molecular complexity index is 494. The van der Waals surface area contributed by atoms with Crippen LogP contribution >= 0.6 is 0 Å². The monoisotopic (exact) mass is 187 g/mol. The Labute approximate surface area is 83.0 Å². The van der Waals surface area contributed by atoms with E-state index in [4.69, 9.17) is 10.2 Å². The highest BCUT2D eigenvalue weighted by atomic mass is 16.3. The molecule has 0 amide bonds. The van der Waals surface area contributed by atoms with Crippen molar-refractivity contribution >= 4 is 22.7 Å². The minimum Gasteiger partial charge on any atom is -0.461 e. The summed E-state index contributed by atoms with van der Waals surface area (Å²) >= 11 is 0. The van der Waals surface area contributed by atoms with Gasteiger partial charge in [0, 0.05) is 16.6 Å². The molecule has 0 bridgehead atoms. The maximum atomic E-state index is 5.73. The van der Waals surface area contributed by atoms with Crippen LogP contribution in [0.2, 0.25) is 0 Å². The lowest BCUT2D eigenvalue weighted by Crippen LogP contribution is -1.82. The summed E-state index contributed by atoms with van der Waals surface area (Å²) in [6.07, 6.45) is 4.04. The zero-order chi connectivity index (χ0) is 10.1. The van der Waals surface area contributed by atoms with Crippen LogP contribution in [0.3, 0.4) is 0 Å². The third-order valence-electron chi connectivity index (χ3n) is 2.27. The molecular formula is C12H13NO. The van der Waals surface area contributed by atoms with Crippen molar-refractivity contribution in [1.29, 1.82) is 0 Å². The fourth-order valence-electron chi connectivity index (χ4n) is 1.63. The van der Waals surface area contributed by atoms with Crippen LogP contribution in [0, 0.1) is 6.92 Å². The normalized spacial score (nSPS) is 11.6. The number of furan rings is 1. The summed E-state index contributed by atoms with van der Waals surface area (Å²) in [6.45, 7) is 3.95. The summed E-state index contributed by atoms with van der Waals surface area (Å²) in [5.41, 5.74) is 8.51. The molecule has 0 atom stereocenters. The highest BCUT2D eigenvalue weighted by Crippen LogP contribution is 2.28. The summed E-state index contributed by atoms with van der Waals surface area (Å²) in [6, 6.07) is 5.70. The minimum absolute atomic E-state index is 0.768. The summed E-state index contributed by atoms with van der Waals surface area (Å²) in [5.74, 6) is 0.934. The van der Waals surface area contributed by atoms with Crippen LogP contribution in [0.5, 0.6) is 0 Å². The molecule has 0 saturated carbocycles. The molecule has 2 nitrogen and oxygen atoms in total. The molecule has 2 heteroatoms. The lowest BCUT2D eigenvalue weighted by molar-refractivity contribution is 0.577. The fraction of sp³-hybridized carbons (Fsp3) is 0.167. The zero-order valence-electron chi connectivity index (χ0n) is 8.37. The van der Waals surface area contributed by atoms with Crippen molar-refractivity contribution in [3.8, 4) is 0 Å². The van der Waals surface area contributed by atoms with E-state index < -0.39 is 0 Å². The highest BCUT2D eigenvalue weighted by molar-refractivity contribution is 5.90. The van der Waals surface area contributed by atoms with Crippen molar-refractivity contribution in [1.82, 2.24) is 0 Å². The van der Waals surface area contributed by atoms with Crippen LogP contribution in [-0.2, 0) is 0 Å². The van der Waals surface area contributed by atoms with Gasteiger partial charge in [0.2, 0.25) is 0 Å². The topological polar surface area (TPSA) is 39.2 Å². The Morgan fingerprint density at radius 3 is 2.86 bits per heavy atom. The van der Waals surface area contributed by atoms with Crippen molar-refractivity contribution < 1.29 is 4.42 Å². The molecule has 0 saturated heterocycles. The number of fused-ring (bicyclic) bond motifs is 1. The van der Waals surface area contributed by atoms with Gasteiger partial charge in [-0.1, -0.05) is 12.2 Å². The van der Waals surface area contributed by atoms with Gasteiger partial charge in [0.15, 0.2) is 0 Å². The molecule has 1 heterocycles. The molecule has 1 aromatic carbocycles. The summed E-state index contributed by atoms with van der Waals surface area (Å²) in [5, 5.41) is 1.08. The van der Waals surface area contributed by atoms with Crippen LogP contribution in [-0.4, -0.2) is 0 Å². The standard InChI is InChI=1S/C12H13NO/c1-3-4-10-8(2)14-12-6-5-9(13)7-11(10)12/h3-7H,13H2,1-2H3/b4-3-. The molecule has 0 aliphatic carbocycles. The molecule has 2 aromatic rings. The van der Waals surface area contributed by atoms with Gasteiger partial charge in [0.25, 0.3) is 0 Å². The first kappa shape index (κ1) is 8.88. The van der Waals surface area contributed by atoms with Gasteiger partial charge in [0.05, 0.1) is 0 Å². The number of allylic oxidation sites excluding steroid dienone is 1. The molecule has 0 radical (unpaired) electrons. The Morgan fingerprint density at radius 2 is 2.14 bits per heavy atom. The number of nitrogens with two attached hydrogens (primary N) is 1. The molecule has 1 aromatic heterocycles. The predicted octanol–water partition coefficient (Wildman–Crippen LogP) is 3.36. The van der Waals surface area contributed by atoms with E-state index in [2.05, 4.69) is 0 Å². The first-order valence-electron chi connectivity index (χ1n) is 4.63. The van der Waals surface area contributed by atoms with Crippen LogP contribution in [0.15, 0.2) is 28.7 Å². The van der Waals surface area contributed by atoms with Crippen LogP contribution in [0.4, 0.5) is 5.69 Å². The second-order valence-electron chi connectivity index (χ2n) is 3.33. The molecule has 2 N–H and O–H groups in total. The van der Waals surface area contributed by atoms with Gasteiger partial charge in [-0.2, -0.15) is 0 Å². The maximum absolute atomic E-state index is 5.73. The van der Waals surface area contributed by atoms with E-state index in [1.165, 1.54) is 0 Å². The summed E-state index contributed by atoms with van der Waals surface area (Å²) in [4.78, 5) is 0. The molecule has 0 spiro atoms.